The molecule has 5 aromatic rings. The Hall–Kier alpha value is -4.28. The Bertz CT molecular complexity index is 1570. The number of benzene rings is 4. The average Bonchev–Trinajstić information content (AvgIpc) is 3.62. The molecule has 2 aliphatic rings. The molecule has 0 unspecified atom stereocenters. The highest BCUT2D eigenvalue weighted by molar-refractivity contribution is 7.19. The number of hydrazone groups is 1. The molecule has 7 rings (SSSR count). The van der Waals surface area contributed by atoms with Crippen molar-refractivity contribution < 1.29 is 0 Å². The lowest BCUT2D eigenvalue weighted by molar-refractivity contribution is 0.487. The summed E-state index contributed by atoms with van der Waals surface area (Å²) in [5.41, 5.74) is 8.43. The van der Waals surface area contributed by atoms with Crippen LogP contribution in [-0.4, -0.2) is 10.7 Å². The fourth-order valence-electron chi connectivity index (χ4n) is 5.88. The number of aromatic nitrogens is 1. The molecule has 0 N–H and O–H groups in total. The van der Waals surface area contributed by atoms with Gasteiger partial charge in [-0.3, -0.25) is 0 Å². The maximum Gasteiger partial charge on any atom is 0.207 e. The van der Waals surface area contributed by atoms with Crippen molar-refractivity contribution in [3.05, 3.63) is 138 Å². The molecule has 0 spiro atoms. The van der Waals surface area contributed by atoms with Gasteiger partial charge in [-0.25, -0.2) is 9.99 Å². The number of rotatable bonds is 5. The largest absolute Gasteiger partial charge is 0.231 e. The van der Waals surface area contributed by atoms with Crippen molar-refractivity contribution in [1.82, 2.24) is 4.98 Å². The van der Waals surface area contributed by atoms with Crippen LogP contribution in [0.5, 0.6) is 0 Å². The Balaban J connectivity index is 1.38. The summed E-state index contributed by atoms with van der Waals surface area (Å²) in [7, 11) is 0. The first kappa shape index (κ1) is 23.8. The molecule has 4 heteroatoms. The first-order valence-electron chi connectivity index (χ1n) is 13.7. The maximum atomic E-state index is 5.39. The van der Waals surface area contributed by atoms with Crippen LogP contribution < -0.4 is 5.01 Å². The van der Waals surface area contributed by atoms with Crippen LogP contribution in [0.1, 0.15) is 36.4 Å². The molecule has 2 atom stereocenters. The predicted molar refractivity (Wildman–Crippen MR) is 164 cm³/mol. The third-order valence-corrected chi connectivity index (χ3v) is 8.77. The standard InChI is InChI=1S/C35H29N3S/c1-5-14-25(15-6-1)24-29-22-13-23-30-31(29)37-38(33(30)27-18-9-3-10-19-27)35-36-32(26-16-7-2-8-17-26)34(39-35)28-20-11-4-12-21-28/h1-12,14-21,24,30,33H,13,22-23H2/b29-24+/t30-,33+/m1/s1. The highest BCUT2D eigenvalue weighted by Crippen LogP contribution is 2.49. The van der Waals surface area contributed by atoms with Crippen molar-refractivity contribution in [2.24, 2.45) is 11.0 Å². The topological polar surface area (TPSA) is 28.5 Å². The second-order valence-corrected chi connectivity index (χ2v) is 11.1. The van der Waals surface area contributed by atoms with Crippen LogP contribution in [0, 0.1) is 5.92 Å². The molecule has 0 saturated heterocycles. The zero-order valence-corrected chi connectivity index (χ0v) is 22.5. The van der Waals surface area contributed by atoms with Crippen LogP contribution in [0.4, 0.5) is 5.13 Å². The van der Waals surface area contributed by atoms with Crippen molar-refractivity contribution in [3.63, 3.8) is 0 Å². The lowest BCUT2D eigenvalue weighted by Crippen LogP contribution is -2.28. The second kappa shape index (κ2) is 10.5. The smallest absolute Gasteiger partial charge is 0.207 e. The molecule has 1 saturated carbocycles. The summed E-state index contributed by atoms with van der Waals surface area (Å²) in [6.45, 7) is 0. The molecule has 0 bridgehead atoms. The van der Waals surface area contributed by atoms with E-state index in [0.29, 0.717) is 5.92 Å². The zero-order valence-electron chi connectivity index (χ0n) is 21.7. The molecule has 1 aromatic heterocycles. The number of fused-ring (bicyclic) bond motifs is 1. The fraction of sp³-hybridized carbons (Fsp3) is 0.143. The fourth-order valence-corrected chi connectivity index (χ4v) is 6.96. The van der Waals surface area contributed by atoms with E-state index in [0.717, 1.165) is 29.2 Å². The Labute approximate surface area is 233 Å². The summed E-state index contributed by atoms with van der Waals surface area (Å²) in [6.07, 6.45) is 5.69. The van der Waals surface area contributed by atoms with Gasteiger partial charge in [0, 0.05) is 11.5 Å². The van der Waals surface area contributed by atoms with Gasteiger partial charge in [-0.2, -0.15) is 5.10 Å². The Morgan fingerprint density at radius 2 is 1.33 bits per heavy atom. The van der Waals surface area contributed by atoms with E-state index in [1.165, 1.54) is 39.3 Å². The molecule has 2 heterocycles. The van der Waals surface area contributed by atoms with Crippen LogP contribution >= 0.6 is 11.3 Å². The minimum absolute atomic E-state index is 0.124. The summed E-state index contributed by atoms with van der Waals surface area (Å²) < 4.78 is 0. The van der Waals surface area contributed by atoms with Crippen molar-refractivity contribution in [1.29, 1.82) is 0 Å². The molecule has 0 radical (unpaired) electrons. The van der Waals surface area contributed by atoms with Crippen molar-refractivity contribution in [2.75, 3.05) is 5.01 Å². The van der Waals surface area contributed by atoms with Gasteiger partial charge in [-0.15, -0.1) is 0 Å². The van der Waals surface area contributed by atoms with Crippen LogP contribution in [0.2, 0.25) is 0 Å². The molecule has 4 aromatic carbocycles. The normalized spacial score (nSPS) is 19.6. The number of hydrogen-bond acceptors (Lipinski definition) is 4. The third-order valence-electron chi connectivity index (χ3n) is 7.68. The monoisotopic (exact) mass is 523 g/mol. The van der Waals surface area contributed by atoms with Crippen LogP contribution in [0.3, 0.4) is 0 Å². The van der Waals surface area contributed by atoms with E-state index in [-0.39, 0.29) is 6.04 Å². The van der Waals surface area contributed by atoms with Gasteiger partial charge in [0.25, 0.3) is 0 Å². The lowest BCUT2D eigenvalue weighted by Gasteiger charge is -2.29. The highest BCUT2D eigenvalue weighted by atomic mass is 32.1. The SMILES string of the molecule is C(=C1/CCC[C@@H]2C1=NN(c1nc(-c3ccccc3)c(-c3ccccc3)s1)[C@H]2c1ccccc1)/c1ccccc1. The summed E-state index contributed by atoms with van der Waals surface area (Å²) in [6, 6.07) is 42.8. The summed E-state index contributed by atoms with van der Waals surface area (Å²) in [4.78, 5) is 6.48. The van der Waals surface area contributed by atoms with Gasteiger partial charge < -0.3 is 0 Å². The van der Waals surface area contributed by atoms with Crippen LogP contribution in [0.25, 0.3) is 27.8 Å². The molecular weight excluding hydrogens is 494 g/mol. The Morgan fingerprint density at radius 3 is 2.03 bits per heavy atom. The second-order valence-electron chi connectivity index (χ2n) is 10.2. The molecule has 190 valence electrons. The number of allylic oxidation sites excluding steroid dienone is 1. The van der Waals surface area contributed by atoms with E-state index >= 15 is 0 Å². The predicted octanol–water partition coefficient (Wildman–Crippen LogP) is 9.28. The van der Waals surface area contributed by atoms with E-state index in [2.05, 4.69) is 132 Å². The van der Waals surface area contributed by atoms with Gasteiger partial charge >= 0.3 is 0 Å². The molecule has 39 heavy (non-hydrogen) atoms. The van der Waals surface area contributed by atoms with Crippen molar-refractivity contribution in [3.8, 4) is 21.7 Å². The number of thiazole rings is 1. The Morgan fingerprint density at radius 1 is 0.718 bits per heavy atom. The first-order valence-corrected chi connectivity index (χ1v) is 14.5. The van der Waals surface area contributed by atoms with Gasteiger partial charge in [0.1, 0.15) is 0 Å². The molecular formula is C35H29N3S. The third kappa shape index (κ3) is 4.62. The first-order chi connectivity index (χ1) is 19.3. The van der Waals surface area contributed by atoms with Crippen molar-refractivity contribution in [2.45, 2.75) is 25.3 Å². The minimum atomic E-state index is 0.124. The average molecular weight is 524 g/mol. The molecule has 1 fully saturated rings. The summed E-state index contributed by atoms with van der Waals surface area (Å²) in [5, 5.41) is 8.56. The quantitative estimate of drug-likeness (QED) is 0.230. The van der Waals surface area contributed by atoms with Crippen molar-refractivity contribution >= 4 is 28.3 Å². The van der Waals surface area contributed by atoms with Gasteiger partial charge in [0.05, 0.1) is 22.3 Å². The van der Waals surface area contributed by atoms with Crippen LogP contribution in [-0.2, 0) is 0 Å². The van der Waals surface area contributed by atoms with Crippen LogP contribution in [0.15, 0.2) is 132 Å². The number of hydrogen-bond donors (Lipinski definition) is 0. The molecule has 1 aliphatic heterocycles. The molecule has 3 nitrogen and oxygen atoms in total. The van der Waals surface area contributed by atoms with Gasteiger partial charge in [0.15, 0.2) is 0 Å². The van der Waals surface area contributed by atoms with Gasteiger partial charge in [0.2, 0.25) is 5.13 Å². The summed E-state index contributed by atoms with van der Waals surface area (Å²) in [5.74, 6) is 0.334. The van der Waals surface area contributed by atoms with E-state index in [1.54, 1.807) is 11.3 Å². The molecule has 1 aliphatic carbocycles. The van der Waals surface area contributed by atoms with E-state index < -0.39 is 0 Å². The highest BCUT2D eigenvalue weighted by Gasteiger charge is 2.43. The van der Waals surface area contributed by atoms with E-state index in [4.69, 9.17) is 10.1 Å². The Kier molecular flexibility index (Phi) is 6.39. The maximum absolute atomic E-state index is 5.39. The van der Waals surface area contributed by atoms with E-state index in [1.807, 2.05) is 0 Å². The van der Waals surface area contributed by atoms with Gasteiger partial charge in [-0.1, -0.05) is 133 Å². The minimum Gasteiger partial charge on any atom is -0.231 e. The zero-order chi connectivity index (χ0) is 26.0. The lowest BCUT2D eigenvalue weighted by atomic mass is 9.77. The van der Waals surface area contributed by atoms with Gasteiger partial charge in [-0.05, 0) is 47.6 Å². The molecule has 0 amide bonds. The summed E-state index contributed by atoms with van der Waals surface area (Å²) >= 11 is 1.74. The van der Waals surface area contributed by atoms with E-state index in [9.17, 15) is 0 Å². The number of nitrogens with zero attached hydrogens (tertiary/aromatic N) is 3. The number of anilines is 1.